The van der Waals surface area contributed by atoms with E-state index >= 15 is 0 Å². The summed E-state index contributed by atoms with van der Waals surface area (Å²) < 4.78 is 0. The molecule has 0 atom stereocenters. The van der Waals surface area contributed by atoms with E-state index in [9.17, 15) is 9.90 Å². The number of benzene rings is 2. The van der Waals surface area contributed by atoms with Gasteiger partial charge in [-0.15, -0.1) is 0 Å². The van der Waals surface area contributed by atoms with E-state index in [2.05, 4.69) is 25.8 Å². The summed E-state index contributed by atoms with van der Waals surface area (Å²) in [5.41, 5.74) is 4.60. The molecule has 24 heavy (non-hydrogen) atoms. The molecule has 0 saturated heterocycles. The first-order valence-corrected chi connectivity index (χ1v) is 8.26. The number of halogens is 1. The Morgan fingerprint density at radius 3 is 2.58 bits per heavy atom. The summed E-state index contributed by atoms with van der Waals surface area (Å²) in [6, 6.07) is 13.0. The largest absolute Gasteiger partial charge is 0.478 e. The van der Waals surface area contributed by atoms with Crippen molar-refractivity contribution in [2.75, 3.05) is 0 Å². The molecule has 2 aromatic carbocycles. The average molecular weight is 342 g/mol. The van der Waals surface area contributed by atoms with Crippen LogP contribution in [-0.2, 0) is 11.8 Å². The van der Waals surface area contributed by atoms with E-state index in [-0.39, 0.29) is 5.41 Å². The molecule has 3 nitrogen and oxygen atoms in total. The lowest BCUT2D eigenvalue weighted by Gasteiger charge is -2.19. The average Bonchev–Trinajstić information content (AvgIpc) is 2.85. The highest BCUT2D eigenvalue weighted by Gasteiger charge is 2.23. The molecule has 3 rings (SSSR count). The third-order valence-corrected chi connectivity index (χ3v) is 4.41. The predicted molar refractivity (Wildman–Crippen MR) is 98.2 cm³/mol. The molecule has 0 spiro atoms. The summed E-state index contributed by atoms with van der Waals surface area (Å²) in [5.74, 6) is -0.904. The van der Waals surface area contributed by atoms with Crippen LogP contribution in [0.2, 0.25) is 5.02 Å². The molecule has 0 amide bonds. The lowest BCUT2D eigenvalue weighted by Crippen LogP contribution is -2.14. The van der Waals surface area contributed by atoms with Gasteiger partial charge < -0.3 is 10.1 Å². The Morgan fingerprint density at radius 1 is 1.17 bits per heavy atom. The Balaban J connectivity index is 2.14. The maximum atomic E-state index is 11.2. The van der Waals surface area contributed by atoms with Crippen LogP contribution in [-0.4, -0.2) is 16.1 Å². The molecule has 0 radical (unpaired) electrons. The second kappa shape index (κ2) is 5.99. The SMILES string of the molecule is CC(C)(C)c1[nH]c2cc(Cl)ccc2c1Cc1cccc(C(=O)O)c1. The minimum absolute atomic E-state index is 0.0504. The number of aromatic carboxylic acids is 1. The van der Waals surface area contributed by atoms with Crippen LogP contribution < -0.4 is 0 Å². The van der Waals surface area contributed by atoms with Crippen molar-refractivity contribution >= 4 is 28.5 Å². The van der Waals surface area contributed by atoms with Gasteiger partial charge in [0.25, 0.3) is 0 Å². The fraction of sp³-hybridized carbons (Fsp3) is 0.250. The van der Waals surface area contributed by atoms with Crippen molar-refractivity contribution in [3.05, 3.63) is 69.9 Å². The lowest BCUT2D eigenvalue weighted by atomic mass is 9.87. The molecule has 0 aliphatic carbocycles. The number of H-pyrrole nitrogens is 1. The van der Waals surface area contributed by atoms with Crippen LogP contribution in [0.4, 0.5) is 0 Å². The first kappa shape index (κ1) is 16.6. The third-order valence-electron chi connectivity index (χ3n) is 4.17. The fourth-order valence-corrected chi connectivity index (χ4v) is 3.24. The summed E-state index contributed by atoms with van der Waals surface area (Å²) in [7, 11) is 0. The van der Waals surface area contributed by atoms with Crippen LogP contribution in [0.15, 0.2) is 42.5 Å². The summed E-state index contributed by atoms with van der Waals surface area (Å²) in [6.07, 6.45) is 0.676. The molecule has 0 saturated carbocycles. The molecule has 0 fully saturated rings. The first-order valence-electron chi connectivity index (χ1n) is 7.88. The van der Waals surface area contributed by atoms with Crippen molar-refractivity contribution < 1.29 is 9.90 Å². The topological polar surface area (TPSA) is 53.1 Å². The van der Waals surface area contributed by atoms with Crippen LogP contribution in [0.25, 0.3) is 10.9 Å². The van der Waals surface area contributed by atoms with Gasteiger partial charge in [-0.3, -0.25) is 0 Å². The Labute approximate surface area is 146 Å². The van der Waals surface area contributed by atoms with Gasteiger partial charge in [0, 0.05) is 27.0 Å². The monoisotopic (exact) mass is 341 g/mol. The number of carbonyl (C=O) groups is 1. The Morgan fingerprint density at radius 2 is 1.92 bits per heavy atom. The van der Waals surface area contributed by atoms with Gasteiger partial charge in [0.05, 0.1) is 5.56 Å². The van der Waals surface area contributed by atoms with E-state index in [0.29, 0.717) is 17.0 Å². The number of aromatic amines is 1. The van der Waals surface area contributed by atoms with Crippen molar-refractivity contribution in [3.8, 4) is 0 Å². The minimum Gasteiger partial charge on any atom is -0.478 e. The number of carboxylic acid groups (broad SMARTS) is 1. The molecule has 0 bridgehead atoms. The number of rotatable bonds is 3. The molecule has 1 aromatic heterocycles. The number of nitrogens with one attached hydrogen (secondary N) is 1. The third kappa shape index (κ3) is 3.17. The zero-order valence-electron chi connectivity index (χ0n) is 14.0. The van der Waals surface area contributed by atoms with E-state index in [1.165, 1.54) is 5.56 Å². The summed E-state index contributed by atoms with van der Waals surface area (Å²) in [4.78, 5) is 14.7. The lowest BCUT2D eigenvalue weighted by molar-refractivity contribution is 0.0696. The Kier molecular flexibility index (Phi) is 4.14. The van der Waals surface area contributed by atoms with Crippen LogP contribution in [0, 0.1) is 0 Å². The molecule has 4 heteroatoms. The zero-order chi connectivity index (χ0) is 17.5. The zero-order valence-corrected chi connectivity index (χ0v) is 14.7. The molecular weight excluding hydrogens is 322 g/mol. The van der Waals surface area contributed by atoms with E-state index in [0.717, 1.165) is 22.2 Å². The molecule has 1 heterocycles. The molecule has 124 valence electrons. The van der Waals surface area contributed by atoms with Crippen molar-refractivity contribution in [1.29, 1.82) is 0 Å². The van der Waals surface area contributed by atoms with Gasteiger partial charge in [0.2, 0.25) is 0 Å². The van der Waals surface area contributed by atoms with E-state index in [4.69, 9.17) is 11.6 Å². The van der Waals surface area contributed by atoms with Gasteiger partial charge in [-0.1, -0.05) is 50.6 Å². The molecule has 0 unspecified atom stereocenters. The molecule has 0 aliphatic rings. The van der Waals surface area contributed by atoms with Gasteiger partial charge in [-0.25, -0.2) is 4.79 Å². The highest BCUT2D eigenvalue weighted by molar-refractivity contribution is 6.31. The van der Waals surface area contributed by atoms with Crippen molar-refractivity contribution in [2.45, 2.75) is 32.6 Å². The van der Waals surface area contributed by atoms with Crippen molar-refractivity contribution in [2.24, 2.45) is 0 Å². The summed E-state index contributed by atoms with van der Waals surface area (Å²) >= 11 is 6.13. The van der Waals surface area contributed by atoms with E-state index < -0.39 is 5.97 Å². The maximum Gasteiger partial charge on any atom is 0.335 e. The highest BCUT2D eigenvalue weighted by atomic mass is 35.5. The minimum atomic E-state index is -0.904. The van der Waals surface area contributed by atoms with Gasteiger partial charge in [-0.05, 0) is 41.8 Å². The number of hydrogen-bond donors (Lipinski definition) is 2. The van der Waals surface area contributed by atoms with Gasteiger partial charge in [0.1, 0.15) is 0 Å². The molecular formula is C20H20ClNO2. The van der Waals surface area contributed by atoms with Crippen molar-refractivity contribution in [3.63, 3.8) is 0 Å². The maximum absolute atomic E-state index is 11.2. The summed E-state index contributed by atoms with van der Waals surface area (Å²) in [5, 5.41) is 11.0. The van der Waals surface area contributed by atoms with E-state index in [1.54, 1.807) is 18.2 Å². The molecule has 0 aliphatic heterocycles. The quantitative estimate of drug-likeness (QED) is 0.669. The van der Waals surface area contributed by atoms with Crippen molar-refractivity contribution in [1.82, 2.24) is 4.98 Å². The van der Waals surface area contributed by atoms with Crippen LogP contribution in [0.3, 0.4) is 0 Å². The predicted octanol–water partition coefficient (Wildman–Crippen LogP) is 5.41. The number of aromatic nitrogens is 1. The van der Waals surface area contributed by atoms with Gasteiger partial charge in [0.15, 0.2) is 0 Å². The highest BCUT2D eigenvalue weighted by Crippen LogP contribution is 2.34. The first-order chi connectivity index (χ1) is 11.3. The second-order valence-electron chi connectivity index (χ2n) is 7.10. The van der Waals surface area contributed by atoms with Crippen LogP contribution in [0.1, 0.15) is 48.0 Å². The number of hydrogen-bond acceptors (Lipinski definition) is 1. The smallest absolute Gasteiger partial charge is 0.335 e. The van der Waals surface area contributed by atoms with Crippen LogP contribution >= 0.6 is 11.6 Å². The molecule has 3 aromatic rings. The number of fused-ring (bicyclic) bond motifs is 1. The standard InChI is InChI=1S/C20H20ClNO2/c1-20(2,3)18-16(15-8-7-14(21)11-17(15)22-18)10-12-5-4-6-13(9-12)19(23)24/h4-9,11,22H,10H2,1-3H3,(H,23,24). The van der Waals surface area contributed by atoms with Gasteiger partial charge >= 0.3 is 5.97 Å². The number of carboxylic acids is 1. The molecule has 2 N–H and O–H groups in total. The van der Waals surface area contributed by atoms with Gasteiger partial charge in [-0.2, -0.15) is 0 Å². The van der Waals surface area contributed by atoms with Crippen LogP contribution in [0.5, 0.6) is 0 Å². The van der Waals surface area contributed by atoms with E-state index in [1.807, 2.05) is 24.3 Å². The Bertz CT molecular complexity index is 919. The normalized spacial score (nSPS) is 11.8. The summed E-state index contributed by atoms with van der Waals surface area (Å²) in [6.45, 7) is 6.49. The Hall–Kier alpha value is -2.26. The second-order valence-corrected chi connectivity index (χ2v) is 7.54. The fourth-order valence-electron chi connectivity index (χ4n) is 3.07.